The van der Waals surface area contributed by atoms with E-state index in [4.69, 9.17) is 11.1 Å². The number of nitrogens with zero attached hydrogens (tertiary/aromatic N) is 3. The van der Waals surface area contributed by atoms with Gasteiger partial charge in [-0.25, -0.2) is 14.8 Å². The fourth-order valence-corrected chi connectivity index (χ4v) is 2.98. The number of rotatable bonds is 6. The predicted molar refractivity (Wildman–Crippen MR) is 98.0 cm³/mol. The van der Waals surface area contributed by atoms with Gasteiger partial charge in [-0.1, -0.05) is 24.3 Å². The second kappa shape index (κ2) is 7.81. The lowest BCUT2D eigenvalue weighted by Gasteiger charge is -2.24. The number of amides is 2. The van der Waals surface area contributed by atoms with E-state index in [2.05, 4.69) is 20.0 Å². The molecule has 1 atom stereocenters. The van der Waals surface area contributed by atoms with Crippen LogP contribution < -0.4 is 11.1 Å². The molecule has 2 heterocycles. The van der Waals surface area contributed by atoms with Crippen molar-refractivity contribution in [3.8, 4) is 11.4 Å². The highest BCUT2D eigenvalue weighted by Crippen LogP contribution is 2.31. The number of nitrogen functional groups attached to an aromatic ring is 1. The van der Waals surface area contributed by atoms with Crippen LogP contribution in [0.5, 0.6) is 0 Å². The molecule has 2 aromatic rings. The summed E-state index contributed by atoms with van der Waals surface area (Å²) in [6.45, 7) is 0.671. The summed E-state index contributed by atoms with van der Waals surface area (Å²) >= 11 is 0. The number of urea groups is 1. The molecule has 1 aromatic carbocycles. The number of esters is 1. The van der Waals surface area contributed by atoms with Crippen LogP contribution in [0.4, 0.5) is 4.79 Å². The van der Waals surface area contributed by atoms with Crippen LogP contribution in [0.15, 0.2) is 36.7 Å². The summed E-state index contributed by atoms with van der Waals surface area (Å²) in [5, 5.41) is 10.3. The van der Waals surface area contributed by atoms with E-state index < -0.39 is 0 Å². The third kappa shape index (κ3) is 3.86. The second-order valence-electron chi connectivity index (χ2n) is 6.02. The second-order valence-corrected chi connectivity index (χ2v) is 6.02. The number of methoxy groups -OCH3 is 1. The Hall–Kier alpha value is -3.49. The summed E-state index contributed by atoms with van der Waals surface area (Å²) in [6.07, 6.45) is 3.11. The van der Waals surface area contributed by atoms with Crippen molar-refractivity contribution in [1.82, 2.24) is 20.2 Å². The van der Waals surface area contributed by atoms with E-state index in [9.17, 15) is 9.59 Å². The molecule has 4 N–H and O–H groups in total. The van der Waals surface area contributed by atoms with Crippen molar-refractivity contribution in [1.29, 1.82) is 5.41 Å². The number of amidine groups is 1. The topological polar surface area (TPSA) is 134 Å². The quantitative estimate of drug-likeness (QED) is 0.396. The maximum absolute atomic E-state index is 12.2. The average molecular weight is 368 g/mol. The van der Waals surface area contributed by atoms with Crippen LogP contribution in [0, 0.1) is 5.41 Å². The van der Waals surface area contributed by atoms with Crippen LogP contribution in [0.2, 0.25) is 0 Å². The van der Waals surface area contributed by atoms with Gasteiger partial charge in [0.1, 0.15) is 5.84 Å². The zero-order chi connectivity index (χ0) is 19.4. The van der Waals surface area contributed by atoms with Gasteiger partial charge in [-0.3, -0.25) is 10.2 Å². The van der Waals surface area contributed by atoms with Gasteiger partial charge in [-0.05, 0) is 5.56 Å². The van der Waals surface area contributed by atoms with Crippen molar-refractivity contribution >= 4 is 17.8 Å². The van der Waals surface area contributed by atoms with Gasteiger partial charge in [-0.2, -0.15) is 0 Å². The highest BCUT2D eigenvalue weighted by molar-refractivity contribution is 5.94. The summed E-state index contributed by atoms with van der Waals surface area (Å²) in [5.41, 5.74) is 7.53. The number of carbonyl (C=O) groups excluding carboxylic acids is 2. The first-order chi connectivity index (χ1) is 13.0. The average Bonchev–Trinajstić information content (AvgIpc) is 3.06. The first kappa shape index (κ1) is 18.3. The zero-order valence-electron chi connectivity index (χ0n) is 14.8. The Labute approximate surface area is 156 Å². The van der Waals surface area contributed by atoms with E-state index in [0.29, 0.717) is 17.9 Å². The molecule has 3 rings (SSSR count). The van der Waals surface area contributed by atoms with E-state index in [1.807, 2.05) is 24.3 Å². The van der Waals surface area contributed by atoms with Crippen molar-refractivity contribution < 1.29 is 14.3 Å². The Balaban J connectivity index is 1.91. The van der Waals surface area contributed by atoms with E-state index in [0.717, 1.165) is 11.1 Å². The molecule has 9 nitrogen and oxygen atoms in total. The molecule has 1 unspecified atom stereocenters. The van der Waals surface area contributed by atoms with Crippen LogP contribution in [-0.2, 0) is 9.53 Å². The maximum Gasteiger partial charge on any atom is 0.318 e. The number of hydrogen-bond acceptors (Lipinski definition) is 6. The molecule has 2 amide bonds. The third-order valence-corrected chi connectivity index (χ3v) is 4.39. The van der Waals surface area contributed by atoms with Gasteiger partial charge in [0.25, 0.3) is 0 Å². The largest absolute Gasteiger partial charge is 0.469 e. The fraction of sp³-hybridized carbons (Fsp3) is 0.278. The van der Waals surface area contributed by atoms with Crippen LogP contribution in [-0.4, -0.2) is 52.9 Å². The Bertz CT molecular complexity index is 868. The molecule has 0 bridgehead atoms. The van der Waals surface area contributed by atoms with Gasteiger partial charge in [-0.15, -0.1) is 0 Å². The number of benzene rings is 1. The molecule has 0 radical (unpaired) electrons. The van der Waals surface area contributed by atoms with Crippen molar-refractivity contribution in [3.63, 3.8) is 0 Å². The van der Waals surface area contributed by atoms with E-state index in [1.165, 1.54) is 19.5 Å². The molecule has 1 saturated heterocycles. The lowest BCUT2D eigenvalue weighted by Crippen LogP contribution is -2.32. The standard InChI is InChI=1S/C18H20N6O3/c1-27-15(25)6-7-24-14(10-23-18(24)26)12-4-2-3-5-13(12)17-21-8-11(9-22-17)16(19)20/h2-5,8-9,14H,6-7,10H2,1H3,(H3,19,20)(H,23,26). The van der Waals surface area contributed by atoms with Gasteiger partial charge >= 0.3 is 12.0 Å². The summed E-state index contributed by atoms with van der Waals surface area (Å²) in [5.74, 6) is 0.00201. The number of hydrogen-bond donors (Lipinski definition) is 3. The minimum atomic E-state index is -0.370. The lowest BCUT2D eigenvalue weighted by molar-refractivity contribution is -0.140. The van der Waals surface area contributed by atoms with Crippen LogP contribution >= 0.6 is 0 Å². The van der Waals surface area contributed by atoms with E-state index in [1.54, 1.807) is 4.90 Å². The molecule has 0 aliphatic carbocycles. The lowest BCUT2D eigenvalue weighted by atomic mass is 9.99. The zero-order valence-corrected chi connectivity index (χ0v) is 14.8. The van der Waals surface area contributed by atoms with Crippen molar-refractivity contribution in [2.45, 2.75) is 12.5 Å². The van der Waals surface area contributed by atoms with Crippen LogP contribution in [0.3, 0.4) is 0 Å². The molecule has 0 saturated carbocycles. The summed E-state index contributed by atoms with van der Waals surface area (Å²) in [7, 11) is 1.32. The maximum atomic E-state index is 12.2. The van der Waals surface area contributed by atoms with E-state index in [-0.39, 0.29) is 36.8 Å². The van der Waals surface area contributed by atoms with Gasteiger partial charge in [0.15, 0.2) is 5.82 Å². The summed E-state index contributed by atoms with van der Waals surface area (Å²) in [4.78, 5) is 33.9. The molecule has 27 heavy (non-hydrogen) atoms. The van der Waals surface area contributed by atoms with Gasteiger partial charge in [0.2, 0.25) is 0 Å². The minimum absolute atomic E-state index is 0.102. The predicted octanol–water partition coefficient (Wildman–Crippen LogP) is 1.06. The Kier molecular flexibility index (Phi) is 5.30. The smallest absolute Gasteiger partial charge is 0.318 e. The fourth-order valence-electron chi connectivity index (χ4n) is 2.98. The van der Waals surface area contributed by atoms with Gasteiger partial charge in [0, 0.05) is 31.0 Å². The molecule has 9 heteroatoms. The van der Waals surface area contributed by atoms with E-state index >= 15 is 0 Å². The minimum Gasteiger partial charge on any atom is -0.469 e. The molecule has 140 valence electrons. The van der Waals surface area contributed by atoms with Crippen molar-refractivity contribution in [2.24, 2.45) is 5.73 Å². The number of nitrogens with one attached hydrogen (secondary N) is 2. The highest BCUT2D eigenvalue weighted by Gasteiger charge is 2.33. The van der Waals surface area contributed by atoms with Gasteiger partial charge in [0.05, 0.1) is 25.1 Å². The van der Waals surface area contributed by atoms with Gasteiger partial charge < -0.3 is 20.7 Å². The number of aromatic nitrogens is 2. The number of carbonyl (C=O) groups is 2. The van der Waals surface area contributed by atoms with Crippen molar-refractivity contribution in [3.05, 3.63) is 47.8 Å². The molecule has 1 aliphatic rings. The normalized spacial score (nSPS) is 16.1. The number of ether oxygens (including phenoxy) is 1. The summed E-state index contributed by atoms with van der Waals surface area (Å²) < 4.78 is 4.66. The Morgan fingerprint density at radius 2 is 2.07 bits per heavy atom. The van der Waals surface area contributed by atoms with Crippen molar-refractivity contribution in [2.75, 3.05) is 20.2 Å². The van der Waals surface area contributed by atoms with Crippen LogP contribution in [0.25, 0.3) is 11.4 Å². The monoisotopic (exact) mass is 368 g/mol. The molecule has 1 aliphatic heterocycles. The number of nitrogens with two attached hydrogens (primary N) is 1. The third-order valence-electron chi connectivity index (χ3n) is 4.39. The molecular weight excluding hydrogens is 348 g/mol. The molecule has 1 fully saturated rings. The first-order valence-corrected chi connectivity index (χ1v) is 8.38. The SMILES string of the molecule is COC(=O)CCN1C(=O)NCC1c1ccccc1-c1ncc(C(=N)N)cn1. The Morgan fingerprint density at radius 3 is 2.74 bits per heavy atom. The highest BCUT2D eigenvalue weighted by atomic mass is 16.5. The molecule has 1 aromatic heterocycles. The first-order valence-electron chi connectivity index (χ1n) is 8.38. The molecule has 0 spiro atoms. The summed E-state index contributed by atoms with van der Waals surface area (Å²) in [6, 6.07) is 7.04. The molecular formula is C18H20N6O3. The van der Waals surface area contributed by atoms with Crippen LogP contribution in [0.1, 0.15) is 23.6 Å². The Morgan fingerprint density at radius 1 is 1.37 bits per heavy atom.